The van der Waals surface area contributed by atoms with Gasteiger partial charge in [-0.1, -0.05) is 12.1 Å². The number of ether oxygens (including phenoxy) is 2. The monoisotopic (exact) mass is 631 g/mol. The lowest BCUT2D eigenvalue weighted by Crippen LogP contribution is -2.48. The number of alkyl halides is 3. The predicted octanol–water partition coefficient (Wildman–Crippen LogP) is 3.23. The predicted molar refractivity (Wildman–Crippen MR) is 159 cm³/mol. The molecule has 2 atom stereocenters. The van der Waals surface area contributed by atoms with Crippen molar-refractivity contribution in [3.8, 4) is 0 Å². The normalized spacial score (nSPS) is 24.3. The molecule has 10 nitrogen and oxygen atoms in total. The Morgan fingerprint density at radius 2 is 1.80 bits per heavy atom. The van der Waals surface area contributed by atoms with Gasteiger partial charge in [-0.15, -0.1) is 0 Å². The zero-order valence-electron chi connectivity index (χ0n) is 25.4. The van der Waals surface area contributed by atoms with E-state index in [1.165, 1.54) is 6.07 Å². The Morgan fingerprint density at radius 3 is 2.47 bits per heavy atom. The van der Waals surface area contributed by atoms with Gasteiger partial charge in [-0.05, 0) is 68.4 Å². The van der Waals surface area contributed by atoms with Gasteiger partial charge in [0.15, 0.2) is 0 Å². The SMILES string of the molecule is CCO[C@@H]1CN(C2CCC(c3ccc(C(=O)N4CCOCC4)nc3)CC2)C[C@@H]1NC(=O)CNC(=O)c1cccc(C(F)(F)F)c1. The quantitative estimate of drug-likeness (QED) is 0.437. The van der Waals surface area contributed by atoms with E-state index in [-0.39, 0.29) is 30.2 Å². The first kappa shape index (κ1) is 32.8. The van der Waals surface area contributed by atoms with Gasteiger partial charge >= 0.3 is 6.18 Å². The second-order valence-corrected chi connectivity index (χ2v) is 11.8. The highest BCUT2D eigenvalue weighted by Crippen LogP contribution is 2.36. The Hall–Kier alpha value is -3.55. The summed E-state index contributed by atoms with van der Waals surface area (Å²) in [6, 6.07) is 7.99. The first-order valence-electron chi connectivity index (χ1n) is 15.6. The van der Waals surface area contributed by atoms with E-state index in [2.05, 4.69) is 20.5 Å². The Morgan fingerprint density at radius 1 is 1.04 bits per heavy atom. The van der Waals surface area contributed by atoms with Crippen LogP contribution in [0, 0.1) is 0 Å². The molecule has 2 aliphatic heterocycles. The molecule has 0 spiro atoms. The molecule has 3 heterocycles. The molecule has 3 fully saturated rings. The third kappa shape index (κ3) is 8.39. The number of likely N-dealkylation sites (tertiary alicyclic amines) is 1. The molecule has 13 heteroatoms. The van der Waals surface area contributed by atoms with Crippen molar-refractivity contribution >= 4 is 17.7 Å². The lowest BCUT2D eigenvalue weighted by atomic mass is 9.82. The first-order valence-corrected chi connectivity index (χ1v) is 15.6. The maximum atomic E-state index is 13.0. The number of benzene rings is 1. The van der Waals surface area contributed by atoms with Crippen molar-refractivity contribution in [1.29, 1.82) is 0 Å². The van der Waals surface area contributed by atoms with Crippen LogP contribution < -0.4 is 10.6 Å². The Labute approximate surface area is 260 Å². The minimum Gasteiger partial charge on any atom is -0.378 e. The van der Waals surface area contributed by atoms with Gasteiger partial charge in [0.05, 0.1) is 37.5 Å². The van der Waals surface area contributed by atoms with Crippen LogP contribution in [0.15, 0.2) is 42.6 Å². The third-order valence-electron chi connectivity index (χ3n) is 8.87. The summed E-state index contributed by atoms with van der Waals surface area (Å²) in [5, 5.41) is 5.37. The van der Waals surface area contributed by atoms with Gasteiger partial charge in [0.2, 0.25) is 5.91 Å². The van der Waals surface area contributed by atoms with Crippen LogP contribution >= 0.6 is 0 Å². The lowest BCUT2D eigenvalue weighted by Gasteiger charge is -2.34. The maximum absolute atomic E-state index is 13.0. The molecule has 3 aliphatic rings. The standard InChI is InChI=1S/C32H40F3N5O5/c1-2-45-28-20-40(19-27(28)38-29(41)18-37-30(42)22-4-3-5-24(16-22)32(33,34)35)25-9-6-21(7-10-25)23-8-11-26(36-17-23)31(43)39-12-14-44-15-13-39/h3-5,8,11,16-17,21,25,27-28H,2,6-7,9-10,12-15,18-20H2,1H3,(H,37,42)(H,38,41)/t21?,25?,27-,28+/m0/s1. The summed E-state index contributed by atoms with van der Waals surface area (Å²) in [5.41, 5.74) is 0.500. The topological polar surface area (TPSA) is 113 Å². The van der Waals surface area contributed by atoms with E-state index in [1.807, 2.05) is 25.3 Å². The van der Waals surface area contributed by atoms with Crippen LogP contribution in [-0.2, 0) is 20.4 Å². The van der Waals surface area contributed by atoms with E-state index in [0.717, 1.165) is 49.4 Å². The van der Waals surface area contributed by atoms with Crippen LogP contribution in [0.4, 0.5) is 13.2 Å². The minimum absolute atomic E-state index is 0.0637. The van der Waals surface area contributed by atoms with Crippen molar-refractivity contribution in [3.05, 3.63) is 65.0 Å². The van der Waals surface area contributed by atoms with Crippen LogP contribution in [0.1, 0.15) is 70.5 Å². The summed E-state index contributed by atoms with van der Waals surface area (Å²) in [6.45, 7) is 5.56. The summed E-state index contributed by atoms with van der Waals surface area (Å²) in [4.78, 5) is 46.5. The molecule has 2 aromatic rings. The second kappa shape index (κ2) is 14.7. The van der Waals surface area contributed by atoms with Gasteiger partial charge in [0.1, 0.15) is 5.69 Å². The van der Waals surface area contributed by atoms with E-state index < -0.39 is 23.6 Å². The third-order valence-corrected chi connectivity index (χ3v) is 8.87. The number of nitrogens with zero attached hydrogens (tertiary/aromatic N) is 3. The summed E-state index contributed by atoms with van der Waals surface area (Å²) in [6.07, 6.45) is 0.976. The van der Waals surface area contributed by atoms with Gasteiger partial charge in [-0.25, -0.2) is 0 Å². The molecule has 0 bridgehead atoms. The fraction of sp³-hybridized carbons (Fsp3) is 0.562. The van der Waals surface area contributed by atoms with Gasteiger partial charge in [-0.3, -0.25) is 24.3 Å². The molecule has 0 unspecified atom stereocenters. The summed E-state index contributed by atoms with van der Waals surface area (Å²) in [5.74, 6) is -0.886. The first-order chi connectivity index (χ1) is 21.6. The number of carbonyl (C=O) groups is 3. The molecular formula is C32H40F3N5O5. The Kier molecular flexibility index (Phi) is 10.7. The van der Waals surface area contributed by atoms with Crippen LogP contribution in [0.5, 0.6) is 0 Å². The molecule has 244 valence electrons. The highest BCUT2D eigenvalue weighted by atomic mass is 19.4. The molecule has 2 saturated heterocycles. The van der Waals surface area contributed by atoms with Gasteiger partial charge < -0.3 is 25.0 Å². The fourth-order valence-corrected chi connectivity index (χ4v) is 6.46. The highest BCUT2D eigenvalue weighted by Gasteiger charge is 2.39. The lowest BCUT2D eigenvalue weighted by molar-refractivity contribution is -0.137. The number of hydrogen-bond donors (Lipinski definition) is 2. The molecule has 2 N–H and O–H groups in total. The van der Waals surface area contributed by atoms with Gasteiger partial charge in [-0.2, -0.15) is 13.2 Å². The van der Waals surface area contributed by atoms with Crippen molar-refractivity contribution < 1.29 is 37.0 Å². The number of morpholine rings is 1. The highest BCUT2D eigenvalue weighted by molar-refractivity contribution is 5.96. The van der Waals surface area contributed by atoms with E-state index in [1.54, 1.807) is 4.90 Å². The van der Waals surface area contributed by atoms with Crippen LogP contribution in [0.3, 0.4) is 0 Å². The van der Waals surface area contributed by atoms with Crippen LogP contribution in [0.2, 0.25) is 0 Å². The average Bonchev–Trinajstić information content (AvgIpc) is 3.45. The number of pyridine rings is 1. The molecule has 45 heavy (non-hydrogen) atoms. The Balaban J connectivity index is 1.09. The summed E-state index contributed by atoms with van der Waals surface area (Å²) < 4.78 is 50.3. The molecule has 1 aliphatic carbocycles. The number of halogens is 3. The van der Waals surface area contributed by atoms with Crippen molar-refractivity contribution in [1.82, 2.24) is 25.4 Å². The van der Waals surface area contributed by atoms with E-state index in [0.29, 0.717) is 63.7 Å². The number of aromatic nitrogens is 1. The summed E-state index contributed by atoms with van der Waals surface area (Å²) in [7, 11) is 0. The molecule has 1 saturated carbocycles. The second-order valence-electron chi connectivity index (χ2n) is 11.8. The molecule has 3 amide bonds. The molecule has 0 radical (unpaired) electrons. The fourth-order valence-electron chi connectivity index (χ4n) is 6.46. The average molecular weight is 632 g/mol. The number of hydrogen-bond acceptors (Lipinski definition) is 7. The van der Waals surface area contributed by atoms with Crippen molar-refractivity contribution in [2.45, 2.75) is 62.9 Å². The van der Waals surface area contributed by atoms with Crippen molar-refractivity contribution in [3.63, 3.8) is 0 Å². The summed E-state index contributed by atoms with van der Waals surface area (Å²) >= 11 is 0. The number of nitrogens with one attached hydrogen (secondary N) is 2. The van der Waals surface area contributed by atoms with Gasteiger partial charge in [0.25, 0.3) is 11.8 Å². The van der Waals surface area contributed by atoms with Crippen LogP contribution in [0.25, 0.3) is 0 Å². The molecule has 5 rings (SSSR count). The maximum Gasteiger partial charge on any atom is 0.416 e. The number of amides is 3. The zero-order chi connectivity index (χ0) is 32.0. The van der Waals surface area contributed by atoms with Crippen molar-refractivity contribution in [2.75, 3.05) is 52.5 Å². The van der Waals surface area contributed by atoms with E-state index >= 15 is 0 Å². The molecule has 1 aromatic heterocycles. The van der Waals surface area contributed by atoms with E-state index in [9.17, 15) is 27.6 Å². The smallest absolute Gasteiger partial charge is 0.378 e. The Bertz CT molecular complexity index is 1330. The largest absolute Gasteiger partial charge is 0.416 e. The van der Waals surface area contributed by atoms with Crippen molar-refractivity contribution in [2.24, 2.45) is 0 Å². The van der Waals surface area contributed by atoms with E-state index in [4.69, 9.17) is 9.47 Å². The molecular weight excluding hydrogens is 591 g/mol. The van der Waals surface area contributed by atoms with Crippen LogP contribution in [-0.4, -0.2) is 103 Å². The van der Waals surface area contributed by atoms with Gasteiger partial charge in [0, 0.05) is 50.6 Å². The number of rotatable bonds is 9. The minimum atomic E-state index is -4.57. The number of carbonyl (C=O) groups excluding carboxylic acids is 3. The zero-order valence-corrected chi connectivity index (χ0v) is 25.4. The molecule has 1 aromatic carbocycles.